The van der Waals surface area contributed by atoms with Crippen LogP contribution < -0.4 is 11.1 Å². The van der Waals surface area contributed by atoms with Gasteiger partial charge in [-0.2, -0.15) is 0 Å². The van der Waals surface area contributed by atoms with Crippen molar-refractivity contribution in [3.8, 4) is 0 Å². The van der Waals surface area contributed by atoms with E-state index in [2.05, 4.69) is 15.5 Å². The molecule has 0 bridgehead atoms. The van der Waals surface area contributed by atoms with Crippen molar-refractivity contribution in [2.45, 2.75) is 19.3 Å². The van der Waals surface area contributed by atoms with Crippen molar-refractivity contribution in [1.29, 1.82) is 0 Å². The van der Waals surface area contributed by atoms with Crippen molar-refractivity contribution < 1.29 is 4.79 Å². The quantitative estimate of drug-likeness (QED) is 0.793. The van der Waals surface area contributed by atoms with Crippen LogP contribution in [0.1, 0.15) is 19.3 Å². The highest BCUT2D eigenvalue weighted by molar-refractivity contribution is 5.76. The molecule has 1 amide bonds. The van der Waals surface area contributed by atoms with E-state index < -0.39 is 0 Å². The molecule has 1 aliphatic rings. The molecule has 92 valence electrons. The maximum atomic E-state index is 11.7. The number of nitrogen functional groups attached to an aromatic ring is 1. The number of nitrogens with two attached hydrogens (primary N) is 1. The molecule has 0 radical (unpaired) electrons. The SMILES string of the molecule is Nc1ccc(NCCC(=O)N2CCCC2)nn1. The molecule has 3 N–H and O–H groups in total. The van der Waals surface area contributed by atoms with Crippen molar-refractivity contribution in [2.24, 2.45) is 0 Å². The van der Waals surface area contributed by atoms with Crippen molar-refractivity contribution in [2.75, 3.05) is 30.7 Å². The molecule has 2 rings (SSSR count). The Hall–Kier alpha value is -1.85. The van der Waals surface area contributed by atoms with E-state index in [1.165, 1.54) is 0 Å². The topological polar surface area (TPSA) is 84.1 Å². The fourth-order valence-corrected chi connectivity index (χ4v) is 1.86. The largest absolute Gasteiger partial charge is 0.382 e. The first-order valence-corrected chi connectivity index (χ1v) is 5.86. The second-order valence-corrected chi connectivity index (χ2v) is 4.11. The van der Waals surface area contributed by atoms with E-state index in [-0.39, 0.29) is 5.91 Å². The summed E-state index contributed by atoms with van der Waals surface area (Å²) in [5.41, 5.74) is 5.42. The molecule has 0 unspecified atom stereocenters. The monoisotopic (exact) mass is 235 g/mol. The Morgan fingerprint density at radius 2 is 2.12 bits per heavy atom. The zero-order chi connectivity index (χ0) is 12.1. The van der Waals surface area contributed by atoms with Gasteiger partial charge in [-0.15, -0.1) is 10.2 Å². The van der Waals surface area contributed by atoms with Crippen molar-refractivity contribution in [1.82, 2.24) is 15.1 Å². The number of amides is 1. The van der Waals surface area contributed by atoms with Crippen LogP contribution in [-0.4, -0.2) is 40.6 Å². The first-order chi connectivity index (χ1) is 8.25. The molecule has 0 aliphatic carbocycles. The van der Waals surface area contributed by atoms with Gasteiger partial charge < -0.3 is 16.0 Å². The normalized spacial score (nSPS) is 14.9. The number of rotatable bonds is 4. The van der Waals surface area contributed by atoms with Gasteiger partial charge in [-0.1, -0.05) is 0 Å². The van der Waals surface area contributed by atoms with Gasteiger partial charge in [-0.3, -0.25) is 4.79 Å². The molecule has 0 saturated carbocycles. The maximum absolute atomic E-state index is 11.7. The van der Waals surface area contributed by atoms with Crippen LogP contribution in [0.3, 0.4) is 0 Å². The van der Waals surface area contributed by atoms with Crippen LogP contribution in [0.4, 0.5) is 11.6 Å². The number of nitrogens with one attached hydrogen (secondary N) is 1. The third kappa shape index (κ3) is 3.30. The average molecular weight is 235 g/mol. The number of hydrogen-bond donors (Lipinski definition) is 2. The van der Waals surface area contributed by atoms with Gasteiger partial charge in [0.2, 0.25) is 5.91 Å². The molecule has 6 nitrogen and oxygen atoms in total. The summed E-state index contributed by atoms with van der Waals surface area (Å²) in [4.78, 5) is 13.6. The van der Waals surface area contributed by atoms with Crippen LogP contribution in [0.15, 0.2) is 12.1 Å². The summed E-state index contributed by atoms with van der Waals surface area (Å²) in [6.45, 7) is 2.38. The Kier molecular flexibility index (Phi) is 3.74. The van der Waals surface area contributed by atoms with Gasteiger partial charge in [0.15, 0.2) is 0 Å². The van der Waals surface area contributed by atoms with E-state index >= 15 is 0 Å². The van der Waals surface area contributed by atoms with E-state index in [0.717, 1.165) is 25.9 Å². The van der Waals surface area contributed by atoms with Crippen molar-refractivity contribution >= 4 is 17.5 Å². The van der Waals surface area contributed by atoms with Crippen molar-refractivity contribution in [3.63, 3.8) is 0 Å². The minimum Gasteiger partial charge on any atom is -0.382 e. The summed E-state index contributed by atoms with van der Waals surface area (Å²) in [6.07, 6.45) is 2.75. The van der Waals surface area contributed by atoms with Crippen molar-refractivity contribution in [3.05, 3.63) is 12.1 Å². The third-order valence-corrected chi connectivity index (χ3v) is 2.79. The lowest BCUT2D eigenvalue weighted by Gasteiger charge is -2.15. The molecular formula is C11H17N5O. The van der Waals surface area contributed by atoms with E-state index in [1.54, 1.807) is 12.1 Å². The summed E-state index contributed by atoms with van der Waals surface area (Å²) in [6, 6.07) is 3.43. The summed E-state index contributed by atoms with van der Waals surface area (Å²) in [5, 5.41) is 10.6. The van der Waals surface area contributed by atoms with Gasteiger partial charge in [0, 0.05) is 26.1 Å². The Balaban J connectivity index is 1.72. The average Bonchev–Trinajstić information content (AvgIpc) is 2.85. The highest BCUT2D eigenvalue weighted by atomic mass is 16.2. The standard InChI is InChI=1S/C11H17N5O/c12-9-3-4-10(15-14-9)13-6-5-11(17)16-7-1-2-8-16/h3-4H,1-2,5-8H2,(H2,12,14)(H,13,15). The minimum atomic E-state index is 0.207. The van der Waals surface area contributed by atoms with E-state index in [4.69, 9.17) is 5.73 Å². The fraction of sp³-hybridized carbons (Fsp3) is 0.545. The predicted octanol–water partition coefficient (Wildman–Crippen LogP) is 0.483. The van der Waals surface area contributed by atoms with Gasteiger partial charge in [0.05, 0.1) is 0 Å². The highest BCUT2D eigenvalue weighted by Crippen LogP contribution is 2.09. The molecule has 6 heteroatoms. The third-order valence-electron chi connectivity index (χ3n) is 2.79. The summed E-state index contributed by atoms with van der Waals surface area (Å²) < 4.78 is 0. The zero-order valence-corrected chi connectivity index (χ0v) is 9.72. The van der Waals surface area contributed by atoms with Crippen LogP contribution in [0.2, 0.25) is 0 Å². The first-order valence-electron chi connectivity index (χ1n) is 5.86. The van der Waals surface area contributed by atoms with E-state index in [0.29, 0.717) is 24.6 Å². The molecule has 17 heavy (non-hydrogen) atoms. The Bertz CT molecular complexity index is 372. The van der Waals surface area contributed by atoms with E-state index in [9.17, 15) is 4.79 Å². The van der Waals surface area contributed by atoms with Gasteiger partial charge in [-0.05, 0) is 25.0 Å². The van der Waals surface area contributed by atoms with Gasteiger partial charge >= 0.3 is 0 Å². The molecule has 1 aliphatic heterocycles. The molecule has 0 aromatic carbocycles. The number of anilines is 2. The lowest BCUT2D eigenvalue weighted by molar-refractivity contribution is -0.129. The molecular weight excluding hydrogens is 218 g/mol. The molecule has 2 heterocycles. The van der Waals surface area contributed by atoms with Gasteiger partial charge in [0.1, 0.15) is 11.6 Å². The Morgan fingerprint density at radius 1 is 1.35 bits per heavy atom. The second-order valence-electron chi connectivity index (χ2n) is 4.11. The predicted molar refractivity (Wildman–Crippen MR) is 65.4 cm³/mol. The number of aromatic nitrogens is 2. The molecule has 1 aromatic heterocycles. The van der Waals surface area contributed by atoms with Crippen LogP contribution in [-0.2, 0) is 4.79 Å². The summed E-state index contributed by atoms with van der Waals surface area (Å²) in [5.74, 6) is 1.25. The first kappa shape index (κ1) is 11.6. The zero-order valence-electron chi connectivity index (χ0n) is 9.72. The molecule has 1 saturated heterocycles. The number of hydrogen-bond acceptors (Lipinski definition) is 5. The van der Waals surface area contributed by atoms with Crippen LogP contribution in [0.25, 0.3) is 0 Å². The number of carbonyl (C=O) groups is 1. The minimum absolute atomic E-state index is 0.207. The molecule has 0 spiro atoms. The lowest BCUT2D eigenvalue weighted by atomic mass is 10.3. The van der Waals surface area contributed by atoms with Crippen LogP contribution in [0, 0.1) is 0 Å². The molecule has 1 aromatic rings. The van der Waals surface area contributed by atoms with Gasteiger partial charge in [0.25, 0.3) is 0 Å². The number of nitrogens with zero attached hydrogens (tertiary/aromatic N) is 3. The number of likely N-dealkylation sites (tertiary alicyclic amines) is 1. The fourth-order valence-electron chi connectivity index (χ4n) is 1.86. The maximum Gasteiger partial charge on any atom is 0.224 e. The molecule has 1 fully saturated rings. The van der Waals surface area contributed by atoms with E-state index in [1.807, 2.05) is 4.90 Å². The molecule has 0 atom stereocenters. The van der Waals surface area contributed by atoms with Gasteiger partial charge in [-0.25, -0.2) is 0 Å². The summed E-state index contributed by atoms with van der Waals surface area (Å²) in [7, 11) is 0. The number of carbonyl (C=O) groups excluding carboxylic acids is 1. The Morgan fingerprint density at radius 3 is 2.76 bits per heavy atom. The highest BCUT2D eigenvalue weighted by Gasteiger charge is 2.16. The van der Waals surface area contributed by atoms with Crippen LogP contribution in [0.5, 0.6) is 0 Å². The van der Waals surface area contributed by atoms with Crippen LogP contribution >= 0.6 is 0 Å². The second kappa shape index (κ2) is 5.47. The summed E-state index contributed by atoms with van der Waals surface area (Å²) >= 11 is 0. The lowest BCUT2D eigenvalue weighted by Crippen LogP contribution is -2.29. The smallest absolute Gasteiger partial charge is 0.224 e. The Labute approximate surface area is 100 Å².